The largest absolute Gasteiger partial charge is 0.472 e. The van der Waals surface area contributed by atoms with Crippen molar-refractivity contribution in [1.29, 1.82) is 5.26 Å². The summed E-state index contributed by atoms with van der Waals surface area (Å²) in [6.45, 7) is 0. The molecule has 0 saturated heterocycles. The molecule has 0 radical (unpaired) electrons. The predicted molar refractivity (Wildman–Crippen MR) is 91.7 cm³/mol. The van der Waals surface area contributed by atoms with Crippen molar-refractivity contribution in [3.63, 3.8) is 0 Å². The Bertz CT molecular complexity index is 750. The molecule has 1 aliphatic carbocycles. The molecule has 1 aliphatic rings. The van der Waals surface area contributed by atoms with Gasteiger partial charge >= 0.3 is 0 Å². The molecule has 1 amide bonds. The fraction of sp³-hybridized carbons (Fsp3) is 0.368. The summed E-state index contributed by atoms with van der Waals surface area (Å²) in [7, 11) is 0. The van der Waals surface area contributed by atoms with Crippen molar-refractivity contribution >= 4 is 5.91 Å². The van der Waals surface area contributed by atoms with Crippen LogP contribution in [0.5, 0.6) is 5.88 Å². The summed E-state index contributed by atoms with van der Waals surface area (Å²) in [5.41, 5.74) is 1.23. The zero-order valence-corrected chi connectivity index (χ0v) is 13.9. The van der Waals surface area contributed by atoms with Crippen LogP contribution in [0.2, 0.25) is 0 Å². The van der Waals surface area contributed by atoms with Gasteiger partial charge in [-0.15, -0.1) is 0 Å². The maximum absolute atomic E-state index is 12.1. The number of ether oxygens (including phenoxy) is 1. The second kappa shape index (κ2) is 8.25. The van der Waals surface area contributed by atoms with E-state index in [2.05, 4.69) is 15.3 Å². The van der Waals surface area contributed by atoms with Crippen LogP contribution in [0.15, 0.2) is 42.7 Å². The second-order valence-electron chi connectivity index (χ2n) is 6.14. The summed E-state index contributed by atoms with van der Waals surface area (Å²) in [6.07, 6.45) is 6.75. The standard InChI is InChI=1S/C19H20N4O2/c20-13-17-19(22-11-10-21-17)25-16-8-6-15(7-9-16)23-18(24)12-14-4-2-1-3-5-14/h1-5,10-11,15-16H,6-9,12H2,(H,23,24). The van der Waals surface area contributed by atoms with Crippen molar-refractivity contribution < 1.29 is 9.53 Å². The van der Waals surface area contributed by atoms with Gasteiger partial charge in [0.05, 0.1) is 6.42 Å². The van der Waals surface area contributed by atoms with Crippen LogP contribution in [0.25, 0.3) is 0 Å². The number of hydrogen-bond acceptors (Lipinski definition) is 5. The molecule has 1 aromatic heterocycles. The first kappa shape index (κ1) is 16.9. The third kappa shape index (κ3) is 4.77. The Morgan fingerprint density at radius 2 is 1.88 bits per heavy atom. The van der Waals surface area contributed by atoms with Gasteiger partial charge in [0.15, 0.2) is 0 Å². The van der Waals surface area contributed by atoms with Crippen LogP contribution < -0.4 is 10.1 Å². The Balaban J connectivity index is 1.46. The van der Waals surface area contributed by atoms with Gasteiger partial charge in [0.25, 0.3) is 5.88 Å². The Morgan fingerprint density at radius 3 is 2.60 bits per heavy atom. The molecular weight excluding hydrogens is 316 g/mol. The van der Waals surface area contributed by atoms with Crippen molar-refractivity contribution in [3.8, 4) is 11.9 Å². The van der Waals surface area contributed by atoms with E-state index < -0.39 is 0 Å². The zero-order valence-electron chi connectivity index (χ0n) is 13.9. The van der Waals surface area contributed by atoms with Gasteiger partial charge in [-0.1, -0.05) is 30.3 Å². The maximum Gasteiger partial charge on any atom is 0.251 e. The van der Waals surface area contributed by atoms with Gasteiger partial charge in [-0.3, -0.25) is 4.79 Å². The molecule has 1 fully saturated rings. The molecule has 1 heterocycles. The van der Waals surface area contributed by atoms with Gasteiger partial charge in [0, 0.05) is 18.4 Å². The van der Waals surface area contributed by atoms with Crippen LogP contribution in [0.1, 0.15) is 36.9 Å². The first-order valence-corrected chi connectivity index (χ1v) is 8.45. The summed E-state index contributed by atoms with van der Waals surface area (Å²) >= 11 is 0. The normalized spacial score (nSPS) is 19.6. The van der Waals surface area contributed by atoms with E-state index in [1.54, 1.807) is 0 Å². The molecule has 6 nitrogen and oxygen atoms in total. The number of carbonyl (C=O) groups excluding carboxylic acids is 1. The lowest BCUT2D eigenvalue weighted by atomic mass is 9.92. The van der Waals surface area contributed by atoms with E-state index in [0.29, 0.717) is 12.3 Å². The van der Waals surface area contributed by atoms with Gasteiger partial charge in [-0.2, -0.15) is 5.26 Å². The van der Waals surface area contributed by atoms with Crippen molar-refractivity contribution in [2.75, 3.05) is 0 Å². The highest BCUT2D eigenvalue weighted by atomic mass is 16.5. The van der Waals surface area contributed by atoms with Gasteiger partial charge in [-0.05, 0) is 31.2 Å². The van der Waals surface area contributed by atoms with Crippen LogP contribution in [0.4, 0.5) is 0 Å². The summed E-state index contributed by atoms with van der Waals surface area (Å²) in [4.78, 5) is 20.2. The van der Waals surface area contributed by atoms with Gasteiger partial charge in [-0.25, -0.2) is 9.97 Å². The molecule has 1 aromatic carbocycles. The van der Waals surface area contributed by atoms with E-state index in [0.717, 1.165) is 31.2 Å². The lowest BCUT2D eigenvalue weighted by Gasteiger charge is -2.29. The van der Waals surface area contributed by atoms with E-state index in [9.17, 15) is 4.79 Å². The molecule has 6 heteroatoms. The predicted octanol–water partition coefficient (Wildman–Crippen LogP) is 2.40. The third-order valence-corrected chi connectivity index (χ3v) is 4.30. The van der Waals surface area contributed by atoms with E-state index in [1.165, 1.54) is 12.4 Å². The lowest BCUT2D eigenvalue weighted by molar-refractivity contribution is -0.121. The molecule has 1 N–H and O–H groups in total. The first-order chi connectivity index (χ1) is 12.2. The molecule has 2 aromatic rings. The molecular formula is C19H20N4O2. The highest BCUT2D eigenvalue weighted by Gasteiger charge is 2.24. The molecule has 25 heavy (non-hydrogen) atoms. The van der Waals surface area contributed by atoms with Gasteiger partial charge in [0.1, 0.15) is 12.2 Å². The number of rotatable bonds is 5. The van der Waals surface area contributed by atoms with Crippen LogP contribution in [-0.2, 0) is 11.2 Å². The molecule has 128 valence electrons. The fourth-order valence-electron chi connectivity index (χ4n) is 3.03. The Morgan fingerprint density at radius 1 is 1.16 bits per heavy atom. The van der Waals surface area contributed by atoms with Crippen molar-refractivity contribution in [3.05, 3.63) is 54.0 Å². The number of carbonyl (C=O) groups is 1. The number of benzene rings is 1. The van der Waals surface area contributed by atoms with Gasteiger partial charge in [0.2, 0.25) is 11.6 Å². The average molecular weight is 336 g/mol. The summed E-state index contributed by atoms with van der Waals surface area (Å²) in [5.74, 6) is 0.345. The quantitative estimate of drug-likeness (QED) is 0.906. The lowest BCUT2D eigenvalue weighted by Crippen LogP contribution is -2.40. The van der Waals surface area contributed by atoms with Gasteiger partial charge < -0.3 is 10.1 Å². The molecule has 0 spiro atoms. The zero-order chi connectivity index (χ0) is 17.5. The van der Waals surface area contributed by atoms with E-state index in [4.69, 9.17) is 10.00 Å². The Labute approximate surface area is 146 Å². The van der Waals surface area contributed by atoms with E-state index in [-0.39, 0.29) is 23.7 Å². The molecule has 0 unspecified atom stereocenters. The summed E-state index contributed by atoms with van der Waals surface area (Å²) in [5, 5.41) is 12.1. The highest BCUT2D eigenvalue weighted by Crippen LogP contribution is 2.24. The summed E-state index contributed by atoms with van der Waals surface area (Å²) in [6, 6.07) is 11.9. The molecule has 0 atom stereocenters. The highest BCUT2D eigenvalue weighted by molar-refractivity contribution is 5.78. The summed E-state index contributed by atoms with van der Waals surface area (Å²) < 4.78 is 5.82. The Kier molecular flexibility index (Phi) is 5.57. The number of nitrogens with zero attached hydrogens (tertiary/aromatic N) is 3. The first-order valence-electron chi connectivity index (χ1n) is 8.45. The van der Waals surface area contributed by atoms with Crippen LogP contribution in [-0.4, -0.2) is 28.0 Å². The average Bonchev–Trinajstić information content (AvgIpc) is 2.64. The minimum atomic E-state index is 0.00563. The molecule has 3 rings (SSSR count). The van der Waals surface area contributed by atoms with Crippen LogP contribution in [0, 0.1) is 11.3 Å². The molecule has 1 saturated carbocycles. The number of nitrogens with one attached hydrogen (secondary N) is 1. The topological polar surface area (TPSA) is 87.9 Å². The van der Waals surface area contributed by atoms with Crippen molar-refractivity contribution in [2.45, 2.75) is 44.2 Å². The Hall–Kier alpha value is -2.94. The number of aromatic nitrogens is 2. The minimum absolute atomic E-state index is 0.00563. The van der Waals surface area contributed by atoms with Crippen LogP contribution >= 0.6 is 0 Å². The minimum Gasteiger partial charge on any atom is -0.472 e. The second-order valence-corrected chi connectivity index (χ2v) is 6.14. The van der Waals surface area contributed by atoms with Crippen molar-refractivity contribution in [2.24, 2.45) is 0 Å². The molecule has 0 aliphatic heterocycles. The third-order valence-electron chi connectivity index (χ3n) is 4.30. The van der Waals surface area contributed by atoms with E-state index >= 15 is 0 Å². The van der Waals surface area contributed by atoms with Crippen LogP contribution in [0.3, 0.4) is 0 Å². The SMILES string of the molecule is N#Cc1nccnc1OC1CCC(NC(=O)Cc2ccccc2)CC1. The smallest absolute Gasteiger partial charge is 0.251 e. The number of nitriles is 1. The number of hydrogen-bond donors (Lipinski definition) is 1. The number of amides is 1. The monoisotopic (exact) mass is 336 g/mol. The maximum atomic E-state index is 12.1. The molecule has 0 bridgehead atoms. The van der Waals surface area contributed by atoms with Crippen molar-refractivity contribution in [1.82, 2.24) is 15.3 Å². The van der Waals surface area contributed by atoms with E-state index in [1.807, 2.05) is 36.4 Å². The fourth-order valence-corrected chi connectivity index (χ4v) is 3.03.